The average Bonchev–Trinajstić information content (AvgIpc) is 3.41. The molecule has 0 bridgehead atoms. The van der Waals surface area contributed by atoms with Crippen molar-refractivity contribution in [1.29, 1.82) is 0 Å². The lowest BCUT2D eigenvalue weighted by atomic mass is 9.96. The van der Waals surface area contributed by atoms with Gasteiger partial charge in [0.15, 0.2) is 0 Å². The van der Waals surface area contributed by atoms with Gasteiger partial charge >= 0.3 is 0 Å². The van der Waals surface area contributed by atoms with E-state index in [1.165, 1.54) is 55.3 Å². The lowest BCUT2D eigenvalue weighted by molar-refractivity contribution is 1.28. The van der Waals surface area contributed by atoms with Crippen LogP contribution in [0.1, 0.15) is 0 Å². The molecular formula is C64H46N2. The van der Waals surface area contributed by atoms with Crippen molar-refractivity contribution in [3.63, 3.8) is 0 Å². The lowest BCUT2D eigenvalue weighted by Gasteiger charge is -2.26. The Morgan fingerprint density at radius 3 is 0.803 bits per heavy atom. The highest BCUT2D eigenvalue weighted by atomic mass is 15.1. The summed E-state index contributed by atoms with van der Waals surface area (Å²) in [5.41, 5.74) is 18.6. The Labute approximate surface area is 387 Å². The molecule has 2 heteroatoms. The summed E-state index contributed by atoms with van der Waals surface area (Å²) in [6.07, 6.45) is 0. The van der Waals surface area contributed by atoms with Crippen LogP contribution in [0.25, 0.3) is 66.4 Å². The van der Waals surface area contributed by atoms with Crippen LogP contribution < -0.4 is 9.80 Å². The highest BCUT2D eigenvalue weighted by Crippen LogP contribution is 2.40. The molecule has 0 amide bonds. The summed E-state index contributed by atoms with van der Waals surface area (Å²) in [7, 11) is 0. The van der Waals surface area contributed by atoms with E-state index in [1.54, 1.807) is 0 Å². The maximum Gasteiger partial charge on any atom is 0.0462 e. The zero-order valence-corrected chi connectivity index (χ0v) is 36.5. The predicted octanol–water partition coefficient (Wildman–Crippen LogP) is 18.1. The fourth-order valence-electron chi connectivity index (χ4n) is 9.07. The van der Waals surface area contributed by atoms with Gasteiger partial charge in [-0.2, -0.15) is 0 Å². The first-order valence-corrected chi connectivity index (χ1v) is 22.6. The van der Waals surface area contributed by atoms with Gasteiger partial charge in [-0.15, -0.1) is 0 Å². The van der Waals surface area contributed by atoms with E-state index in [9.17, 15) is 0 Å². The Kier molecular flexibility index (Phi) is 11.0. The van der Waals surface area contributed by atoms with Gasteiger partial charge in [0.05, 0.1) is 0 Å². The average molecular weight is 843 g/mol. The molecule has 0 saturated heterocycles. The van der Waals surface area contributed by atoms with Gasteiger partial charge in [0, 0.05) is 34.1 Å². The van der Waals surface area contributed by atoms with E-state index in [0.717, 1.165) is 45.3 Å². The van der Waals surface area contributed by atoms with Crippen LogP contribution in [0, 0.1) is 0 Å². The number of para-hydroxylation sites is 1. The second-order valence-electron chi connectivity index (χ2n) is 16.6. The minimum atomic E-state index is 1.09. The molecule has 11 aromatic rings. The maximum atomic E-state index is 2.33. The van der Waals surface area contributed by atoms with Crippen molar-refractivity contribution < 1.29 is 0 Å². The number of hydrogen-bond donors (Lipinski definition) is 0. The van der Waals surface area contributed by atoms with Crippen molar-refractivity contribution in [2.45, 2.75) is 0 Å². The number of hydrogen-bond acceptors (Lipinski definition) is 2. The van der Waals surface area contributed by atoms with Crippen molar-refractivity contribution in [2.75, 3.05) is 9.80 Å². The van der Waals surface area contributed by atoms with Gasteiger partial charge in [0.2, 0.25) is 0 Å². The van der Waals surface area contributed by atoms with Crippen molar-refractivity contribution in [3.8, 4) is 55.6 Å². The molecule has 66 heavy (non-hydrogen) atoms. The zero-order chi connectivity index (χ0) is 44.1. The van der Waals surface area contributed by atoms with Crippen molar-refractivity contribution in [3.05, 3.63) is 279 Å². The third-order valence-electron chi connectivity index (χ3n) is 12.5. The largest absolute Gasteiger partial charge is 0.311 e. The highest BCUT2D eigenvalue weighted by molar-refractivity contribution is 5.97. The van der Waals surface area contributed by atoms with E-state index in [4.69, 9.17) is 0 Å². The van der Waals surface area contributed by atoms with Gasteiger partial charge in [-0.25, -0.2) is 0 Å². The quantitative estimate of drug-likeness (QED) is 0.128. The van der Waals surface area contributed by atoms with Crippen LogP contribution in [-0.2, 0) is 0 Å². The molecule has 0 spiro atoms. The minimum Gasteiger partial charge on any atom is -0.311 e. The first kappa shape index (κ1) is 40.1. The van der Waals surface area contributed by atoms with Gasteiger partial charge in [0.25, 0.3) is 0 Å². The molecule has 0 aromatic heterocycles. The molecule has 0 aliphatic heterocycles. The van der Waals surface area contributed by atoms with Crippen molar-refractivity contribution in [2.24, 2.45) is 0 Å². The van der Waals surface area contributed by atoms with Gasteiger partial charge in [-0.3, -0.25) is 0 Å². The van der Waals surface area contributed by atoms with Crippen LogP contribution in [0.5, 0.6) is 0 Å². The van der Waals surface area contributed by atoms with E-state index < -0.39 is 0 Å². The van der Waals surface area contributed by atoms with Gasteiger partial charge in [-0.1, -0.05) is 206 Å². The molecule has 11 rings (SSSR count). The van der Waals surface area contributed by atoms with Gasteiger partial charge in [0.1, 0.15) is 0 Å². The molecule has 0 saturated carbocycles. The van der Waals surface area contributed by atoms with E-state index in [1.807, 2.05) is 0 Å². The summed E-state index contributed by atoms with van der Waals surface area (Å²) < 4.78 is 0. The number of nitrogens with zero attached hydrogens (tertiary/aromatic N) is 2. The molecular weight excluding hydrogens is 797 g/mol. The van der Waals surface area contributed by atoms with E-state index in [-0.39, 0.29) is 0 Å². The van der Waals surface area contributed by atoms with Crippen LogP contribution >= 0.6 is 0 Å². The Balaban J connectivity index is 0.860. The lowest BCUT2D eigenvalue weighted by Crippen LogP contribution is -2.10. The summed E-state index contributed by atoms with van der Waals surface area (Å²) in [4.78, 5) is 4.66. The first-order chi connectivity index (χ1) is 32.7. The fourth-order valence-corrected chi connectivity index (χ4v) is 9.07. The standard InChI is InChI=1S/C64H46N2/c1-4-13-47(14-5-1)50-27-37-60(38-28-50)66(61-39-29-51(30-40-61)48-15-6-2-7-16-48)62-45-35-54(36-46-62)53-33-43-59(44-34-53)65(57-19-8-3-9-20-57)58-41-31-52(32-42-58)49-23-25-56(26-24-49)64-22-12-18-55-17-10-11-21-63(55)64/h1-46H. The van der Waals surface area contributed by atoms with Gasteiger partial charge < -0.3 is 9.80 Å². The first-order valence-electron chi connectivity index (χ1n) is 22.6. The van der Waals surface area contributed by atoms with Crippen LogP contribution in [0.3, 0.4) is 0 Å². The molecule has 0 N–H and O–H groups in total. The number of rotatable bonds is 11. The number of benzene rings is 11. The highest BCUT2D eigenvalue weighted by Gasteiger charge is 2.16. The summed E-state index contributed by atoms with van der Waals surface area (Å²) in [5.74, 6) is 0. The molecule has 2 nitrogen and oxygen atoms in total. The second kappa shape index (κ2) is 18.2. The minimum absolute atomic E-state index is 1.09. The molecule has 11 aromatic carbocycles. The summed E-state index contributed by atoms with van der Waals surface area (Å²) >= 11 is 0. The third kappa shape index (κ3) is 8.28. The number of fused-ring (bicyclic) bond motifs is 1. The molecule has 0 aliphatic rings. The molecule has 0 atom stereocenters. The summed E-state index contributed by atoms with van der Waals surface area (Å²) in [5, 5.41) is 2.53. The van der Waals surface area contributed by atoms with Crippen molar-refractivity contribution >= 4 is 44.9 Å². The predicted molar refractivity (Wildman–Crippen MR) is 280 cm³/mol. The number of anilines is 6. The topological polar surface area (TPSA) is 6.48 Å². The maximum absolute atomic E-state index is 2.33. The Hall–Kier alpha value is -8.72. The van der Waals surface area contributed by atoms with E-state index in [0.29, 0.717) is 0 Å². The Bertz CT molecular complexity index is 3240. The third-order valence-corrected chi connectivity index (χ3v) is 12.5. The summed E-state index contributed by atoms with van der Waals surface area (Å²) in [6, 6.07) is 100. The molecule has 0 unspecified atom stereocenters. The molecule has 0 radical (unpaired) electrons. The van der Waals surface area contributed by atoms with E-state index >= 15 is 0 Å². The molecule has 0 heterocycles. The van der Waals surface area contributed by atoms with Crippen LogP contribution in [0.15, 0.2) is 279 Å². The fraction of sp³-hybridized carbons (Fsp3) is 0. The van der Waals surface area contributed by atoms with E-state index in [2.05, 4.69) is 289 Å². The SMILES string of the molecule is c1ccc(-c2ccc(N(c3ccc(-c4ccccc4)cc3)c3ccc(-c4ccc(N(c5ccccc5)c5ccc(-c6ccc(-c7cccc8ccccc78)cc6)cc5)cc4)cc3)cc2)cc1. The van der Waals surface area contributed by atoms with Crippen LogP contribution in [-0.4, -0.2) is 0 Å². The zero-order valence-electron chi connectivity index (χ0n) is 36.5. The van der Waals surface area contributed by atoms with Crippen LogP contribution in [0.2, 0.25) is 0 Å². The summed E-state index contributed by atoms with van der Waals surface area (Å²) in [6.45, 7) is 0. The second-order valence-corrected chi connectivity index (χ2v) is 16.6. The van der Waals surface area contributed by atoms with Crippen molar-refractivity contribution in [1.82, 2.24) is 0 Å². The molecule has 0 fully saturated rings. The smallest absolute Gasteiger partial charge is 0.0462 e. The normalized spacial score (nSPS) is 11.0. The molecule has 312 valence electrons. The monoisotopic (exact) mass is 842 g/mol. The molecule has 0 aliphatic carbocycles. The Morgan fingerprint density at radius 1 is 0.167 bits per heavy atom. The Morgan fingerprint density at radius 2 is 0.424 bits per heavy atom. The van der Waals surface area contributed by atoms with Crippen LogP contribution in [0.4, 0.5) is 34.1 Å². The van der Waals surface area contributed by atoms with Gasteiger partial charge in [-0.05, 0) is 139 Å².